The number of halogens is 2. The van der Waals surface area contributed by atoms with E-state index in [4.69, 9.17) is 11.6 Å². The number of rotatable bonds is 4. The molecule has 0 saturated carbocycles. The number of aryl methyl sites for hydroxylation is 1. The lowest BCUT2D eigenvalue weighted by Crippen LogP contribution is -2.30. The van der Waals surface area contributed by atoms with Gasteiger partial charge in [-0.25, -0.2) is 9.82 Å². The van der Waals surface area contributed by atoms with Crippen molar-refractivity contribution < 1.29 is 14.0 Å². The summed E-state index contributed by atoms with van der Waals surface area (Å²) in [6.07, 6.45) is 1.26. The van der Waals surface area contributed by atoms with Gasteiger partial charge in [0.15, 0.2) is 0 Å². The Hall–Kier alpha value is -2.73. The van der Waals surface area contributed by atoms with Gasteiger partial charge in [0.05, 0.1) is 17.2 Å². The summed E-state index contributed by atoms with van der Waals surface area (Å²) in [6.45, 7) is 2.25. The first-order valence-electron chi connectivity index (χ1n) is 8.09. The highest BCUT2D eigenvalue weighted by molar-refractivity contribution is 6.33. The lowest BCUT2D eigenvalue weighted by atomic mass is 10.1. The molecule has 2 aromatic rings. The number of carbonyl (C=O) groups is 2. The van der Waals surface area contributed by atoms with Gasteiger partial charge in [-0.15, -0.1) is 0 Å². The smallest absolute Gasteiger partial charge is 0.245 e. The molecule has 0 spiro atoms. The maximum absolute atomic E-state index is 13.7. The quantitative estimate of drug-likeness (QED) is 0.660. The van der Waals surface area contributed by atoms with E-state index in [-0.39, 0.29) is 29.5 Å². The normalized spacial score (nSPS) is 17.1. The molecule has 26 heavy (non-hydrogen) atoms. The molecule has 0 bridgehead atoms. The van der Waals surface area contributed by atoms with Crippen LogP contribution in [0.25, 0.3) is 0 Å². The summed E-state index contributed by atoms with van der Waals surface area (Å²) in [7, 11) is 0. The van der Waals surface area contributed by atoms with Gasteiger partial charge in [0.2, 0.25) is 11.8 Å². The molecule has 7 heteroatoms. The van der Waals surface area contributed by atoms with Crippen molar-refractivity contribution in [3.8, 4) is 0 Å². The van der Waals surface area contributed by atoms with Gasteiger partial charge in [0, 0.05) is 24.2 Å². The van der Waals surface area contributed by atoms with Crippen molar-refractivity contribution in [3.63, 3.8) is 0 Å². The van der Waals surface area contributed by atoms with Crippen molar-refractivity contribution >= 4 is 35.3 Å². The van der Waals surface area contributed by atoms with Crippen LogP contribution in [0.5, 0.6) is 0 Å². The fraction of sp³-hybridized carbons (Fsp3) is 0.211. The Kier molecular flexibility index (Phi) is 5.32. The van der Waals surface area contributed by atoms with Gasteiger partial charge < -0.3 is 4.90 Å². The van der Waals surface area contributed by atoms with Gasteiger partial charge in [0.25, 0.3) is 0 Å². The molecule has 0 aromatic heterocycles. The van der Waals surface area contributed by atoms with Crippen LogP contribution in [0.4, 0.5) is 10.1 Å². The van der Waals surface area contributed by atoms with Crippen LogP contribution in [-0.2, 0) is 9.59 Å². The molecule has 0 aliphatic carbocycles. The van der Waals surface area contributed by atoms with E-state index in [1.54, 1.807) is 4.90 Å². The third-order valence-electron chi connectivity index (χ3n) is 4.21. The predicted octanol–water partition coefficient (Wildman–Crippen LogP) is 3.29. The number of hydrazone groups is 1. The van der Waals surface area contributed by atoms with Crippen LogP contribution in [0.1, 0.15) is 17.5 Å². The van der Waals surface area contributed by atoms with E-state index in [0.29, 0.717) is 0 Å². The molecular formula is C19H17ClFN3O2. The number of nitrogens with zero attached hydrogens (tertiary/aromatic N) is 2. The number of amides is 2. The molecule has 1 saturated heterocycles. The fourth-order valence-electron chi connectivity index (χ4n) is 2.74. The second-order valence-corrected chi connectivity index (χ2v) is 6.52. The summed E-state index contributed by atoms with van der Waals surface area (Å²) in [4.78, 5) is 26.0. The van der Waals surface area contributed by atoms with Crippen LogP contribution < -0.4 is 10.3 Å². The van der Waals surface area contributed by atoms with E-state index in [1.807, 2.05) is 31.2 Å². The van der Waals surface area contributed by atoms with E-state index in [2.05, 4.69) is 10.5 Å². The van der Waals surface area contributed by atoms with Crippen molar-refractivity contribution in [2.24, 2.45) is 11.0 Å². The molecule has 2 aromatic carbocycles. The third-order valence-corrected chi connectivity index (χ3v) is 4.54. The number of hydrogen-bond donors (Lipinski definition) is 1. The SMILES string of the molecule is Cc1ccc(N2C[C@@H](C(=O)NN=Cc3c(F)cccc3Cl)CC2=O)cc1. The Morgan fingerprint density at radius 2 is 2.04 bits per heavy atom. The zero-order chi connectivity index (χ0) is 18.7. The monoisotopic (exact) mass is 373 g/mol. The highest BCUT2D eigenvalue weighted by Crippen LogP contribution is 2.25. The van der Waals surface area contributed by atoms with Crippen molar-refractivity contribution in [1.29, 1.82) is 0 Å². The fourth-order valence-corrected chi connectivity index (χ4v) is 2.96. The van der Waals surface area contributed by atoms with Crippen LogP contribution in [0.3, 0.4) is 0 Å². The maximum Gasteiger partial charge on any atom is 0.245 e. The van der Waals surface area contributed by atoms with Crippen LogP contribution in [-0.4, -0.2) is 24.6 Å². The maximum atomic E-state index is 13.7. The molecule has 1 N–H and O–H groups in total. The number of benzene rings is 2. The van der Waals surface area contributed by atoms with Crippen LogP contribution in [0.15, 0.2) is 47.6 Å². The highest BCUT2D eigenvalue weighted by atomic mass is 35.5. The number of nitrogens with one attached hydrogen (secondary N) is 1. The summed E-state index contributed by atoms with van der Waals surface area (Å²) < 4.78 is 13.7. The Morgan fingerprint density at radius 3 is 2.73 bits per heavy atom. The number of hydrogen-bond acceptors (Lipinski definition) is 3. The van der Waals surface area contributed by atoms with Crippen LogP contribution in [0.2, 0.25) is 5.02 Å². The molecule has 0 radical (unpaired) electrons. The Bertz CT molecular complexity index is 847. The van der Waals surface area contributed by atoms with E-state index in [9.17, 15) is 14.0 Å². The third kappa shape index (κ3) is 3.91. The Labute approximate surface area is 155 Å². The lowest BCUT2D eigenvalue weighted by Gasteiger charge is -2.16. The lowest BCUT2D eigenvalue weighted by molar-refractivity contribution is -0.126. The summed E-state index contributed by atoms with van der Waals surface area (Å²) >= 11 is 5.89. The van der Waals surface area contributed by atoms with Crippen molar-refractivity contribution in [2.75, 3.05) is 11.4 Å². The molecule has 2 amide bonds. The Balaban J connectivity index is 1.63. The van der Waals surface area contributed by atoms with Crippen LogP contribution in [0, 0.1) is 18.7 Å². The molecule has 1 heterocycles. The minimum atomic E-state index is -0.530. The van der Waals surface area contributed by atoms with Gasteiger partial charge in [0.1, 0.15) is 5.82 Å². The predicted molar refractivity (Wildman–Crippen MR) is 98.8 cm³/mol. The van der Waals surface area contributed by atoms with Crippen molar-refractivity contribution in [3.05, 3.63) is 64.4 Å². The molecule has 1 aliphatic heterocycles. The van der Waals surface area contributed by atoms with Crippen LogP contribution >= 0.6 is 11.6 Å². The average molecular weight is 374 g/mol. The minimum Gasteiger partial charge on any atom is -0.312 e. The molecule has 134 valence electrons. The number of anilines is 1. The van der Waals surface area contributed by atoms with Crippen molar-refractivity contribution in [2.45, 2.75) is 13.3 Å². The summed E-state index contributed by atoms with van der Waals surface area (Å²) in [6, 6.07) is 11.8. The zero-order valence-corrected chi connectivity index (χ0v) is 14.8. The topological polar surface area (TPSA) is 61.8 Å². The standard InChI is InChI=1S/C19H17ClFN3O2/c1-12-5-7-14(8-6-12)24-11-13(9-18(24)25)19(26)23-22-10-15-16(20)3-2-4-17(15)21/h2-8,10,13H,9,11H2,1H3,(H,23,26)/t13-/m0/s1. The van der Waals surface area contributed by atoms with Crippen molar-refractivity contribution in [1.82, 2.24) is 5.43 Å². The highest BCUT2D eigenvalue weighted by Gasteiger charge is 2.35. The van der Waals surface area contributed by atoms with E-state index in [1.165, 1.54) is 18.2 Å². The molecule has 5 nitrogen and oxygen atoms in total. The van der Waals surface area contributed by atoms with E-state index < -0.39 is 17.6 Å². The molecular weight excluding hydrogens is 357 g/mol. The van der Waals surface area contributed by atoms with E-state index >= 15 is 0 Å². The molecule has 1 aliphatic rings. The first-order valence-corrected chi connectivity index (χ1v) is 8.47. The molecule has 1 atom stereocenters. The number of carbonyl (C=O) groups excluding carboxylic acids is 2. The Morgan fingerprint density at radius 1 is 1.31 bits per heavy atom. The summed E-state index contributed by atoms with van der Waals surface area (Å²) in [5.74, 6) is -1.55. The van der Waals surface area contributed by atoms with Gasteiger partial charge in [-0.2, -0.15) is 5.10 Å². The second-order valence-electron chi connectivity index (χ2n) is 6.11. The van der Waals surface area contributed by atoms with Gasteiger partial charge in [-0.3, -0.25) is 9.59 Å². The molecule has 3 rings (SSSR count). The first kappa shape index (κ1) is 18.1. The van der Waals surface area contributed by atoms with Gasteiger partial charge in [-0.05, 0) is 31.2 Å². The summed E-state index contributed by atoms with van der Waals surface area (Å²) in [5, 5.41) is 3.96. The largest absolute Gasteiger partial charge is 0.312 e. The zero-order valence-electron chi connectivity index (χ0n) is 14.1. The average Bonchev–Trinajstić information content (AvgIpc) is 3.00. The minimum absolute atomic E-state index is 0.0956. The first-order chi connectivity index (χ1) is 12.5. The second kappa shape index (κ2) is 7.66. The van der Waals surface area contributed by atoms with Gasteiger partial charge in [-0.1, -0.05) is 35.4 Å². The molecule has 1 fully saturated rings. The van der Waals surface area contributed by atoms with Gasteiger partial charge >= 0.3 is 0 Å². The molecule has 0 unspecified atom stereocenters. The van der Waals surface area contributed by atoms with E-state index in [0.717, 1.165) is 17.5 Å². The summed E-state index contributed by atoms with van der Waals surface area (Å²) in [5.41, 5.74) is 4.31.